The van der Waals surface area contributed by atoms with E-state index in [0.29, 0.717) is 17.2 Å². The van der Waals surface area contributed by atoms with Gasteiger partial charge in [-0.15, -0.1) is 5.10 Å². The minimum Gasteiger partial charge on any atom is -0.382 e. The lowest BCUT2D eigenvalue weighted by Gasteiger charge is -2.04. The van der Waals surface area contributed by atoms with Gasteiger partial charge in [0.15, 0.2) is 5.82 Å². The van der Waals surface area contributed by atoms with Crippen LogP contribution in [0.4, 0.5) is 10.2 Å². The maximum Gasteiger partial charge on any atom is 0.155 e. The number of nitrogens with two attached hydrogens (primary N) is 1. The van der Waals surface area contributed by atoms with Crippen LogP contribution in [-0.4, -0.2) is 15.0 Å². The molecular formula is C18H13FN4. The number of benzene rings is 3. The van der Waals surface area contributed by atoms with Crippen molar-refractivity contribution < 1.29 is 4.39 Å². The van der Waals surface area contributed by atoms with Crippen LogP contribution in [0.3, 0.4) is 0 Å². The molecule has 0 radical (unpaired) electrons. The number of hydrogen-bond acceptors (Lipinski definition) is 3. The predicted octanol–water partition coefficient (Wildman–Crippen LogP) is 3.81. The monoisotopic (exact) mass is 304 g/mol. The summed E-state index contributed by atoms with van der Waals surface area (Å²) in [7, 11) is 0. The van der Waals surface area contributed by atoms with Crippen molar-refractivity contribution >= 4 is 16.6 Å². The Balaban J connectivity index is 1.81. The molecule has 0 atom stereocenters. The standard InChI is InChI=1S/C18H13FN4/c19-15-7-9-16(10-8-15)23-18(20)17(21-22-23)14-6-5-12-3-1-2-4-13(12)11-14/h1-11H,20H2. The fraction of sp³-hybridized carbons (Fsp3) is 0. The third-order valence-corrected chi connectivity index (χ3v) is 3.80. The molecule has 5 heteroatoms. The Morgan fingerprint density at radius 2 is 1.61 bits per heavy atom. The zero-order valence-corrected chi connectivity index (χ0v) is 12.1. The second-order valence-corrected chi connectivity index (χ2v) is 5.27. The zero-order valence-electron chi connectivity index (χ0n) is 12.1. The largest absolute Gasteiger partial charge is 0.382 e. The third kappa shape index (κ3) is 2.32. The van der Waals surface area contributed by atoms with Gasteiger partial charge in [-0.1, -0.05) is 41.6 Å². The molecule has 0 unspecified atom stereocenters. The number of hydrogen-bond donors (Lipinski definition) is 1. The first kappa shape index (κ1) is 13.5. The van der Waals surface area contributed by atoms with Crippen LogP contribution in [0.25, 0.3) is 27.7 Å². The molecule has 0 bridgehead atoms. The van der Waals surface area contributed by atoms with Gasteiger partial charge in [0.05, 0.1) is 5.69 Å². The summed E-state index contributed by atoms with van der Waals surface area (Å²) in [5.41, 5.74) is 8.37. The Bertz CT molecular complexity index is 990. The molecular weight excluding hydrogens is 291 g/mol. The van der Waals surface area contributed by atoms with E-state index in [0.717, 1.165) is 16.3 Å². The van der Waals surface area contributed by atoms with E-state index >= 15 is 0 Å². The summed E-state index contributed by atoms with van der Waals surface area (Å²) >= 11 is 0. The summed E-state index contributed by atoms with van der Waals surface area (Å²) in [4.78, 5) is 0. The normalized spacial score (nSPS) is 11.0. The molecule has 0 aliphatic carbocycles. The van der Waals surface area contributed by atoms with Crippen LogP contribution in [0, 0.1) is 5.82 Å². The Hall–Kier alpha value is -3.21. The summed E-state index contributed by atoms with van der Waals surface area (Å²) in [6.45, 7) is 0. The molecule has 4 nitrogen and oxygen atoms in total. The van der Waals surface area contributed by atoms with E-state index in [1.54, 1.807) is 12.1 Å². The fourth-order valence-corrected chi connectivity index (χ4v) is 2.60. The van der Waals surface area contributed by atoms with E-state index in [1.165, 1.54) is 16.8 Å². The number of fused-ring (bicyclic) bond motifs is 1. The highest BCUT2D eigenvalue weighted by Gasteiger charge is 2.13. The van der Waals surface area contributed by atoms with Gasteiger partial charge in [-0.3, -0.25) is 0 Å². The lowest BCUT2D eigenvalue weighted by Crippen LogP contribution is -2.02. The van der Waals surface area contributed by atoms with E-state index in [9.17, 15) is 4.39 Å². The van der Waals surface area contributed by atoms with Crippen LogP contribution in [0.5, 0.6) is 0 Å². The average molecular weight is 304 g/mol. The summed E-state index contributed by atoms with van der Waals surface area (Å²) in [5, 5.41) is 10.5. The maximum atomic E-state index is 13.0. The highest BCUT2D eigenvalue weighted by molar-refractivity contribution is 5.88. The molecule has 4 aromatic rings. The first-order valence-corrected chi connectivity index (χ1v) is 7.19. The van der Waals surface area contributed by atoms with Crippen molar-refractivity contribution in [3.05, 3.63) is 72.5 Å². The molecule has 0 fully saturated rings. The van der Waals surface area contributed by atoms with Crippen LogP contribution < -0.4 is 5.73 Å². The molecule has 3 aromatic carbocycles. The molecule has 112 valence electrons. The first-order chi connectivity index (χ1) is 11.2. The Kier molecular flexibility index (Phi) is 3.05. The van der Waals surface area contributed by atoms with Crippen LogP contribution >= 0.6 is 0 Å². The smallest absolute Gasteiger partial charge is 0.155 e. The molecule has 0 spiro atoms. The summed E-state index contributed by atoms with van der Waals surface area (Å²) in [6.07, 6.45) is 0. The molecule has 23 heavy (non-hydrogen) atoms. The lowest BCUT2D eigenvalue weighted by molar-refractivity contribution is 0.627. The van der Waals surface area contributed by atoms with Crippen LogP contribution in [0.15, 0.2) is 66.7 Å². The average Bonchev–Trinajstić information content (AvgIpc) is 2.97. The van der Waals surface area contributed by atoms with Gasteiger partial charge >= 0.3 is 0 Å². The van der Waals surface area contributed by atoms with Crippen molar-refractivity contribution in [3.8, 4) is 16.9 Å². The van der Waals surface area contributed by atoms with Crippen LogP contribution in [0.2, 0.25) is 0 Å². The number of halogens is 1. The predicted molar refractivity (Wildman–Crippen MR) is 88.7 cm³/mol. The lowest BCUT2D eigenvalue weighted by atomic mass is 10.1. The SMILES string of the molecule is Nc1c(-c2ccc3ccccc3c2)nnn1-c1ccc(F)cc1. The molecule has 0 amide bonds. The van der Waals surface area contributed by atoms with Crippen molar-refractivity contribution in [1.29, 1.82) is 0 Å². The number of nitrogen functional groups attached to an aromatic ring is 1. The van der Waals surface area contributed by atoms with Crippen LogP contribution in [-0.2, 0) is 0 Å². The van der Waals surface area contributed by atoms with E-state index in [2.05, 4.69) is 16.4 Å². The Morgan fingerprint density at radius 1 is 0.870 bits per heavy atom. The van der Waals surface area contributed by atoms with E-state index in [-0.39, 0.29) is 5.82 Å². The number of rotatable bonds is 2. The van der Waals surface area contributed by atoms with Gasteiger partial charge in [0, 0.05) is 5.56 Å². The molecule has 4 rings (SSSR count). The first-order valence-electron chi connectivity index (χ1n) is 7.19. The molecule has 1 heterocycles. The minimum absolute atomic E-state index is 0.304. The van der Waals surface area contributed by atoms with Crippen molar-refractivity contribution in [3.63, 3.8) is 0 Å². The molecule has 0 saturated heterocycles. The van der Waals surface area contributed by atoms with Gasteiger partial charge in [0.25, 0.3) is 0 Å². The topological polar surface area (TPSA) is 56.7 Å². The Morgan fingerprint density at radius 3 is 2.39 bits per heavy atom. The number of aromatic nitrogens is 3. The zero-order chi connectivity index (χ0) is 15.8. The van der Waals surface area contributed by atoms with Crippen LogP contribution in [0.1, 0.15) is 0 Å². The van der Waals surface area contributed by atoms with Gasteiger partial charge in [0.1, 0.15) is 11.5 Å². The summed E-state index contributed by atoms with van der Waals surface area (Å²) < 4.78 is 14.5. The van der Waals surface area contributed by atoms with E-state index in [4.69, 9.17) is 5.73 Å². The molecule has 0 aliphatic rings. The molecule has 0 aliphatic heterocycles. The minimum atomic E-state index is -0.304. The fourth-order valence-electron chi connectivity index (χ4n) is 2.60. The van der Waals surface area contributed by atoms with Gasteiger partial charge in [-0.2, -0.15) is 4.68 Å². The highest BCUT2D eigenvalue weighted by atomic mass is 19.1. The Labute approximate surface area is 132 Å². The van der Waals surface area contributed by atoms with Crippen molar-refractivity contribution in [2.75, 3.05) is 5.73 Å². The van der Waals surface area contributed by atoms with Gasteiger partial charge < -0.3 is 5.73 Å². The molecule has 2 N–H and O–H groups in total. The third-order valence-electron chi connectivity index (χ3n) is 3.80. The number of anilines is 1. The van der Waals surface area contributed by atoms with Gasteiger partial charge in [-0.05, 0) is 41.1 Å². The summed E-state index contributed by atoms with van der Waals surface area (Å²) in [6, 6.07) is 20.1. The van der Waals surface area contributed by atoms with Crippen molar-refractivity contribution in [2.24, 2.45) is 0 Å². The second kappa shape index (κ2) is 5.21. The number of nitrogens with zero attached hydrogens (tertiary/aromatic N) is 3. The second-order valence-electron chi connectivity index (χ2n) is 5.27. The molecule has 1 aromatic heterocycles. The quantitative estimate of drug-likeness (QED) is 0.612. The molecule has 0 saturated carbocycles. The summed E-state index contributed by atoms with van der Waals surface area (Å²) in [5.74, 6) is 0.120. The van der Waals surface area contributed by atoms with Gasteiger partial charge in [0.2, 0.25) is 0 Å². The maximum absolute atomic E-state index is 13.0. The van der Waals surface area contributed by atoms with Crippen molar-refractivity contribution in [2.45, 2.75) is 0 Å². The van der Waals surface area contributed by atoms with E-state index in [1.807, 2.05) is 36.4 Å². The van der Waals surface area contributed by atoms with Gasteiger partial charge in [-0.25, -0.2) is 4.39 Å². The van der Waals surface area contributed by atoms with E-state index < -0.39 is 0 Å². The van der Waals surface area contributed by atoms with Crippen molar-refractivity contribution in [1.82, 2.24) is 15.0 Å². The highest BCUT2D eigenvalue weighted by Crippen LogP contribution is 2.28.